The van der Waals surface area contributed by atoms with Gasteiger partial charge in [-0.05, 0) is 41.6 Å². The summed E-state index contributed by atoms with van der Waals surface area (Å²) in [6, 6.07) is 2.32. The van der Waals surface area contributed by atoms with Crippen LogP contribution in [0.2, 0.25) is 0 Å². The smallest absolute Gasteiger partial charge is 0.231 e. The summed E-state index contributed by atoms with van der Waals surface area (Å²) in [5, 5.41) is 3.49. The second-order valence-corrected chi connectivity index (χ2v) is 6.68. The molecule has 0 radical (unpaired) electrons. The lowest BCUT2D eigenvalue weighted by molar-refractivity contribution is -0.119. The highest BCUT2D eigenvalue weighted by molar-refractivity contribution is 9.10. The Hall–Kier alpha value is -1.21. The number of nitrogens with zero attached hydrogens (tertiary/aromatic N) is 3. The van der Waals surface area contributed by atoms with Crippen molar-refractivity contribution in [3.8, 4) is 0 Å². The molecule has 114 valence electrons. The number of amides is 1. The molecule has 0 spiro atoms. The molecule has 1 aliphatic carbocycles. The van der Waals surface area contributed by atoms with Gasteiger partial charge in [0.25, 0.3) is 0 Å². The average molecular weight is 354 g/mol. The third-order valence-corrected chi connectivity index (χ3v) is 4.38. The first kappa shape index (κ1) is 14.7. The van der Waals surface area contributed by atoms with Crippen LogP contribution in [0.25, 0.3) is 0 Å². The van der Waals surface area contributed by atoms with Crippen LogP contribution >= 0.6 is 15.9 Å². The van der Waals surface area contributed by atoms with Crippen molar-refractivity contribution < 1.29 is 4.79 Å². The van der Waals surface area contributed by atoms with Crippen LogP contribution in [-0.4, -0.2) is 46.5 Å². The van der Waals surface area contributed by atoms with Crippen molar-refractivity contribution in [2.75, 3.05) is 25.0 Å². The summed E-state index contributed by atoms with van der Waals surface area (Å²) in [5.41, 5.74) is 5.23. The minimum atomic E-state index is -0.254. The first-order valence-corrected chi connectivity index (χ1v) is 8.21. The van der Waals surface area contributed by atoms with Crippen molar-refractivity contribution in [1.82, 2.24) is 14.9 Å². The van der Waals surface area contributed by atoms with Crippen molar-refractivity contribution in [1.29, 1.82) is 0 Å². The Balaban J connectivity index is 1.56. The molecular weight excluding hydrogens is 334 g/mol. The molecule has 1 saturated heterocycles. The molecule has 0 bridgehead atoms. The van der Waals surface area contributed by atoms with Crippen LogP contribution in [-0.2, 0) is 4.79 Å². The summed E-state index contributed by atoms with van der Waals surface area (Å²) in [6.45, 7) is 2.14. The van der Waals surface area contributed by atoms with Gasteiger partial charge in [-0.2, -0.15) is 0 Å². The molecule has 2 aliphatic rings. The summed E-state index contributed by atoms with van der Waals surface area (Å²) in [5.74, 6) is 2.13. The van der Waals surface area contributed by atoms with Gasteiger partial charge in [0.05, 0.1) is 6.54 Å². The Morgan fingerprint density at radius 2 is 2.05 bits per heavy atom. The van der Waals surface area contributed by atoms with Crippen molar-refractivity contribution in [3.63, 3.8) is 0 Å². The molecule has 2 heterocycles. The molecule has 1 aliphatic heterocycles. The Kier molecular flexibility index (Phi) is 4.40. The lowest BCUT2D eigenvalue weighted by Gasteiger charge is -2.31. The number of likely N-dealkylation sites (tertiary alicyclic amines) is 1. The van der Waals surface area contributed by atoms with E-state index < -0.39 is 0 Å². The zero-order valence-electron chi connectivity index (χ0n) is 11.9. The van der Waals surface area contributed by atoms with E-state index in [4.69, 9.17) is 5.73 Å². The largest absolute Gasteiger partial charge is 0.369 e. The second kappa shape index (κ2) is 6.27. The quantitative estimate of drug-likeness (QED) is 0.783. The molecule has 1 saturated carbocycles. The number of carbonyl (C=O) groups excluding carboxylic acids is 1. The minimum absolute atomic E-state index is 0.254. The van der Waals surface area contributed by atoms with Gasteiger partial charge in [0.1, 0.15) is 16.2 Å². The number of hydrogen-bond donors (Lipinski definition) is 2. The molecular formula is C14H20BrN5O. The number of nitrogens with one attached hydrogen (secondary N) is 1. The van der Waals surface area contributed by atoms with Crippen LogP contribution in [0.5, 0.6) is 0 Å². The molecule has 1 aromatic rings. The van der Waals surface area contributed by atoms with E-state index in [9.17, 15) is 4.79 Å². The summed E-state index contributed by atoms with van der Waals surface area (Å²) in [4.78, 5) is 22.1. The standard InChI is InChI=1S/C14H20BrN5O/c15-11-7-13(19-14(18-11)9-1-2-9)17-10-3-5-20(6-4-10)8-12(16)21/h7,9-10H,1-6,8H2,(H2,16,21)(H,17,18,19). The molecule has 3 rings (SSSR count). The van der Waals surface area contributed by atoms with Gasteiger partial charge in [0, 0.05) is 31.1 Å². The van der Waals surface area contributed by atoms with Gasteiger partial charge in [0.2, 0.25) is 5.91 Å². The van der Waals surface area contributed by atoms with Crippen molar-refractivity contribution in [2.45, 2.75) is 37.6 Å². The summed E-state index contributed by atoms with van der Waals surface area (Å²) in [6.07, 6.45) is 4.38. The molecule has 2 fully saturated rings. The number of nitrogens with two attached hydrogens (primary N) is 1. The molecule has 3 N–H and O–H groups in total. The summed E-state index contributed by atoms with van der Waals surface area (Å²) < 4.78 is 0.841. The number of primary amides is 1. The van der Waals surface area contributed by atoms with E-state index in [2.05, 4.69) is 36.1 Å². The van der Waals surface area contributed by atoms with Gasteiger partial charge in [-0.3, -0.25) is 9.69 Å². The lowest BCUT2D eigenvalue weighted by atomic mass is 10.1. The van der Waals surface area contributed by atoms with Crippen LogP contribution in [0.1, 0.15) is 37.4 Å². The number of rotatable bonds is 5. The Morgan fingerprint density at radius 3 is 2.67 bits per heavy atom. The van der Waals surface area contributed by atoms with Crippen molar-refractivity contribution in [3.05, 3.63) is 16.5 Å². The van der Waals surface area contributed by atoms with E-state index >= 15 is 0 Å². The normalized spacial score (nSPS) is 20.4. The lowest BCUT2D eigenvalue weighted by Crippen LogP contribution is -2.43. The fourth-order valence-corrected chi connectivity index (χ4v) is 3.10. The zero-order chi connectivity index (χ0) is 14.8. The maximum absolute atomic E-state index is 10.9. The van der Waals surface area contributed by atoms with Gasteiger partial charge in [-0.1, -0.05) is 0 Å². The number of carbonyl (C=O) groups is 1. The Labute approximate surface area is 132 Å². The van der Waals surface area contributed by atoms with Crippen LogP contribution in [0.4, 0.5) is 5.82 Å². The third-order valence-electron chi connectivity index (χ3n) is 3.97. The van der Waals surface area contributed by atoms with Gasteiger partial charge in [-0.25, -0.2) is 9.97 Å². The highest BCUT2D eigenvalue weighted by Gasteiger charge is 2.27. The summed E-state index contributed by atoms with van der Waals surface area (Å²) in [7, 11) is 0. The monoisotopic (exact) mass is 353 g/mol. The Bertz CT molecular complexity index is 526. The molecule has 0 aromatic carbocycles. The predicted molar refractivity (Wildman–Crippen MR) is 84.0 cm³/mol. The van der Waals surface area contributed by atoms with E-state index in [-0.39, 0.29) is 5.91 Å². The van der Waals surface area contributed by atoms with Crippen LogP contribution < -0.4 is 11.1 Å². The van der Waals surface area contributed by atoms with Crippen LogP contribution in [0, 0.1) is 0 Å². The highest BCUT2D eigenvalue weighted by atomic mass is 79.9. The number of halogens is 1. The third kappa shape index (κ3) is 4.14. The predicted octanol–water partition coefficient (Wildman–Crippen LogP) is 1.48. The fourth-order valence-electron chi connectivity index (χ4n) is 2.70. The van der Waals surface area contributed by atoms with Gasteiger partial charge >= 0.3 is 0 Å². The number of hydrogen-bond acceptors (Lipinski definition) is 5. The molecule has 0 atom stereocenters. The molecule has 1 amide bonds. The first-order valence-electron chi connectivity index (χ1n) is 7.42. The minimum Gasteiger partial charge on any atom is -0.369 e. The first-order chi connectivity index (χ1) is 10.1. The van der Waals surface area contributed by atoms with Gasteiger partial charge < -0.3 is 11.1 Å². The topological polar surface area (TPSA) is 84.1 Å². The SMILES string of the molecule is NC(=O)CN1CCC(Nc2cc(Br)nc(C3CC3)n2)CC1. The van der Waals surface area contributed by atoms with E-state index in [1.54, 1.807) is 0 Å². The molecule has 6 nitrogen and oxygen atoms in total. The van der Waals surface area contributed by atoms with Crippen LogP contribution in [0.3, 0.4) is 0 Å². The Morgan fingerprint density at radius 1 is 1.33 bits per heavy atom. The number of piperidine rings is 1. The zero-order valence-corrected chi connectivity index (χ0v) is 13.5. The van der Waals surface area contributed by atoms with E-state index in [1.165, 1.54) is 12.8 Å². The van der Waals surface area contributed by atoms with E-state index in [0.717, 1.165) is 42.2 Å². The second-order valence-electron chi connectivity index (χ2n) is 5.87. The average Bonchev–Trinajstić information content (AvgIpc) is 3.24. The maximum atomic E-state index is 10.9. The number of aromatic nitrogens is 2. The van der Waals surface area contributed by atoms with Gasteiger partial charge in [-0.15, -0.1) is 0 Å². The molecule has 1 aromatic heterocycles. The van der Waals surface area contributed by atoms with E-state index in [1.807, 2.05) is 6.07 Å². The van der Waals surface area contributed by atoms with Crippen LogP contribution in [0.15, 0.2) is 10.7 Å². The molecule has 0 unspecified atom stereocenters. The summed E-state index contributed by atoms with van der Waals surface area (Å²) >= 11 is 3.46. The van der Waals surface area contributed by atoms with Crippen molar-refractivity contribution >= 4 is 27.7 Å². The molecule has 7 heteroatoms. The highest BCUT2D eigenvalue weighted by Crippen LogP contribution is 2.38. The van der Waals surface area contributed by atoms with Crippen molar-refractivity contribution in [2.24, 2.45) is 5.73 Å². The fraction of sp³-hybridized carbons (Fsp3) is 0.643. The molecule has 21 heavy (non-hydrogen) atoms. The van der Waals surface area contributed by atoms with E-state index in [0.29, 0.717) is 18.5 Å². The maximum Gasteiger partial charge on any atom is 0.231 e. The number of anilines is 1. The van der Waals surface area contributed by atoms with Gasteiger partial charge in [0.15, 0.2) is 0 Å².